The maximum absolute atomic E-state index is 5.28. The normalized spacial score (nSPS) is 12.7. The molecule has 10 rings (SSSR count). The van der Waals surface area contributed by atoms with Crippen LogP contribution in [0.3, 0.4) is 0 Å². The molecule has 0 radical (unpaired) electrons. The summed E-state index contributed by atoms with van der Waals surface area (Å²) in [6.07, 6.45) is 0. The van der Waals surface area contributed by atoms with Crippen LogP contribution in [0, 0.1) is 0 Å². The minimum absolute atomic E-state index is 0.0669. The second kappa shape index (κ2) is 13.2. The highest BCUT2D eigenvalue weighted by Gasteiger charge is 2.35. The highest BCUT2D eigenvalue weighted by molar-refractivity contribution is 6.05. The Morgan fingerprint density at radius 3 is 1.55 bits per heavy atom. The molecule has 2 heteroatoms. The van der Waals surface area contributed by atoms with Gasteiger partial charge < -0.3 is 0 Å². The van der Waals surface area contributed by atoms with E-state index in [4.69, 9.17) is 9.97 Å². The van der Waals surface area contributed by atoms with Crippen LogP contribution in [0.25, 0.3) is 89.2 Å². The largest absolute Gasteiger partial charge is 0.228 e. The molecule has 0 fully saturated rings. The van der Waals surface area contributed by atoms with Gasteiger partial charge in [-0.25, -0.2) is 9.97 Å². The molecule has 1 aromatic heterocycles. The summed E-state index contributed by atoms with van der Waals surface area (Å²) in [5.74, 6) is 0.704. The van der Waals surface area contributed by atoms with E-state index >= 15 is 0 Å². The molecule has 0 unspecified atom stereocenters. The number of aromatic nitrogens is 2. The Morgan fingerprint density at radius 1 is 0.309 bits per heavy atom. The second-order valence-electron chi connectivity index (χ2n) is 15.0. The Kier molecular flexibility index (Phi) is 7.85. The van der Waals surface area contributed by atoms with E-state index in [2.05, 4.69) is 190 Å². The quantitative estimate of drug-likeness (QED) is 0.172. The first-order chi connectivity index (χ1) is 27.0. The lowest BCUT2D eigenvalue weighted by molar-refractivity contribution is 0.660. The van der Waals surface area contributed by atoms with Crippen molar-refractivity contribution in [1.82, 2.24) is 9.97 Å². The van der Waals surface area contributed by atoms with Gasteiger partial charge in [-0.15, -0.1) is 0 Å². The van der Waals surface area contributed by atoms with Gasteiger partial charge in [-0.3, -0.25) is 0 Å². The van der Waals surface area contributed by atoms with Crippen molar-refractivity contribution < 1.29 is 0 Å². The molecule has 0 amide bonds. The summed E-state index contributed by atoms with van der Waals surface area (Å²) in [6.45, 7) is 4.69. The van der Waals surface area contributed by atoms with Crippen LogP contribution in [0.4, 0.5) is 0 Å². The topological polar surface area (TPSA) is 25.8 Å². The summed E-state index contributed by atoms with van der Waals surface area (Å²) in [5.41, 5.74) is 17.4. The van der Waals surface area contributed by atoms with Gasteiger partial charge in [0.2, 0.25) is 0 Å². The van der Waals surface area contributed by atoms with Crippen LogP contribution in [-0.4, -0.2) is 9.97 Å². The molecule has 55 heavy (non-hydrogen) atoms. The second-order valence-corrected chi connectivity index (χ2v) is 15.0. The molecule has 0 atom stereocenters. The van der Waals surface area contributed by atoms with Crippen molar-refractivity contribution in [3.05, 3.63) is 205 Å². The van der Waals surface area contributed by atoms with Gasteiger partial charge >= 0.3 is 0 Å². The zero-order valence-corrected chi connectivity index (χ0v) is 30.9. The van der Waals surface area contributed by atoms with Crippen molar-refractivity contribution in [1.29, 1.82) is 0 Å². The maximum atomic E-state index is 5.28. The van der Waals surface area contributed by atoms with E-state index < -0.39 is 0 Å². The fourth-order valence-electron chi connectivity index (χ4n) is 8.52. The number of nitrogens with zero attached hydrogens (tertiary/aromatic N) is 2. The fraction of sp³-hybridized carbons (Fsp3) is 0.0566. The summed E-state index contributed by atoms with van der Waals surface area (Å²) >= 11 is 0. The summed E-state index contributed by atoms with van der Waals surface area (Å²) in [4.78, 5) is 10.5. The summed E-state index contributed by atoms with van der Waals surface area (Å²) in [6, 6.07) is 69.6. The smallest absolute Gasteiger partial charge is 0.160 e. The Labute approximate surface area is 322 Å². The molecule has 0 N–H and O–H groups in total. The maximum Gasteiger partial charge on any atom is 0.160 e. The first-order valence-electron chi connectivity index (χ1n) is 19.0. The number of fused-ring (bicyclic) bond motifs is 4. The van der Waals surface area contributed by atoms with Gasteiger partial charge in [0, 0.05) is 22.1 Å². The van der Waals surface area contributed by atoms with Crippen molar-refractivity contribution in [3.8, 4) is 78.4 Å². The SMILES string of the molecule is CC1(C)c2ccccc2-c2ccc(-c3ccc(-c4cc(-c5ccc(-c6ccccc6)c(-c6ccccc6)c5)nc(-c5ccccc5)n4)c4ccccc34)cc21. The first kappa shape index (κ1) is 32.7. The van der Waals surface area contributed by atoms with E-state index in [9.17, 15) is 0 Å². The lowest BCUT2D eigenvalue weighted by atomic mass is 9.81. The number of hydrogen-bond donors (Lipinski definition) is 0. The third kappa shape index (κ3) is 5.66. The fourth-order valence-corrected chi connectivity index (χ4v) is 8.52. The predicted molar refractivity (Wildman–Crippen MR) is 230 cm³/mol. The highest BCUT2D eigenvalue weighted by atomic mass is 14.9. The van der Waals surface area contributed by atoms with Crippen molar-refractivity contribution in [3.63, 3.8) is 0 Å². The van der Waals surface area contributed by atoms with Crippen LogP contribution < -0.4 is 0 Å². The molecule has 0 bridgehead atoms. The molecule has 2 nitrogen and oxygen atoms in total. The Morgan fingerprint density at radius 2 is 0.818 bits per heavy atom. The van der Waals surface area contributed by atoms with Crippen LogP contribution in [0.5, 0.6) is 0 Å². The van der Waals surface area contributed by atoms with E-state index in [1.54, 1.807) is 0 Å². The third-order valence-corrected chi connectivity index (χ3v) is 11.3. The first-order valence-corrected chi connectivity index (χ1v) is 19.0. The van der Waals surface area contributed by atoms with E-state index in [1.165, 1.54) is 61.0 Å². The molecule has 260 valence electrons. The van der Waals surface area contributed by atoms with Gasteiger partial charge in [0.1, 0.15) is 0 Å². The lowest BCUT2D eigenvalue weighted by Crippen LogP contribution is -2.14. The molecule has 8 aromatic carbocycles. The zero-order chi connectivity index (χ0) is 36.9. The van der Waals surface area contributed by atoms with Crippen LogP contribution in [0.1, 0.15) is 25.0 Å². The highest BCUT2D eigenvalue weighted by Crippen LogP contribution is 2.50. The average molecular weight is 703 g/mol. The number of rotatable bonds is 6. The van der Waals surface area contributed by atoms with Gasteiger partial charge in [-0.05, 0) is 84.6 Å². The molecule has 1 aliphatic rings. The number of hydrogen-bond acceptors (Lipinski definition) is 2. The Balaban J connectivity index is 1.14. The van der Waals surface area contributed by atoms with Crippen LogP contribution in [0.15, 0.2) is 194 Å². The molecular weight excluding hydrogens is 665 g/mol. The summed E-state index contributed by atoms with van der Waals surface area (Å²) in [5, 5.41) is 2.37. The monoisotopic (exact) mass is 702 g/mol. The van der Waals surface area contributed by atoms with Crippen LogP contribution in [0.2, 0.25) is 0 Å². The van der Waals surface area contributed by atoms with Crippen molar-refractivity contribution in [2.24, 2.45) is 0 Å². The Hall–Kier alpha value is -6.90. The average Bonchev–Trinajstić information content (AvgIpc) is 3.49. The molecule has 0 saturated carbocycles. The zero-order valence-electron chi connectivity index (χ0n) is 30.9. The van der Waals surface area contributed by atoms with E-state index in [0.29, 0.717) is 5.82 Å². The third-order valence-electron chi connectivity index (χ3n) is 11.3. The van der Waals surface area contributed by atoms with E-state index in [0.717, 1.165) is 33.5 Å². The lowest BCUT2D eigenvalue weighted by Gasteiger charge is -2.22. The molecule has 0 aliphatic heterocycles. The van der Waals surface area contributed by atoms with Crippen LogP contribution in [-0.2, 0) is 5.41 Å². The molecule has 1 heterocycles. The van der Waals surface area contributed by atoms with Gasteiger partial charge in [-0.1, -0.05) is 190 Å². The van der Waals surface area contributed by atoms with Gasteiger partial charge in [0.25, 0.3) is 0 Å². The molecule has 9 aromatic rings. The minimum Gasteiger partial charge on any atom is -0.228 e. The van der Waals surface area contributed by atoms with Crippen molar-refractivity contribution >= 4 is 10.8 Å². The van der Waals surface area contributed by atoms with Crippen molar-refractivity contribution in [2.75, 3.05) is 0 Å². The molecule has 0 spiro atoms. The van der Waals surface area contributed by atoms with Gasteiger partial charge in [0.15, 0.2) is 5.82 Å². The molecular formula is C53H38N2. The van der Waals surface area contributed by atoms with E-state index in [-0.39, 0.29) is 5.41 Å². The summed E-state index contributed by atoms with van der Waals surface area (Å²) in [7, 11) is 0. The summed E-state index contributed by atoms with van der Waals surface area (Å²) < 4.78 is 0. The van der Waals surface area contributed by atoms with Crippen molar-refractivity contribution in [2.45, 2.75) is 19.3 Å². The predicted octanol–water partition coefficient (Wildman–Crippen LogP) is 13.9. The van der Waals surface area contributed by atoms with E-state index in [1.807, 2.05) is 18.2 Å². The van der Waals surface area contributed by atoms with Crippen LogP contribution >= 0.6 is 0 Å². The molecule has 1 aliphatic carbocycles. The van der Waals surface area contributed by atoms with Gasteiger partial charge in [-0.2, -0.15) is 0 Å². The molecule has 0 saturated heterocycles. The number of benzene rings is 8. The standard InChI is InChI=1S/C53H38N2/c1-53(2)48-25-15-14-24-44(48)45-29-26-38(33-49(45)53)41-30-31-46(43-23-13-12-22-42(41)43)51-34-50(54-52(55-51)37-20-10-5-11-21-37)39-27-28-40(35-16-6-3-7-17-35)47(32-39)36-18-8-4-9-19-36/h3-34H,1-2H3. The Bertz CT molecular complexity index is 2870. The van der Waals surface area contributed by atoms with Gasteiger partial charge in [0.05, 0.1) is 11.4 Å². The minimum atomic E-state index is -0.0669.